The normalized spacial score (nSPS) is 11.9. The summed E-state index contributed by atoms with van der Waals surface area (Å²) in [5.74, 6) is 1.61. The van der Waals surface area contributed by atoms with Crippen molar-refractivity contribution in [3.8, 4) is 17.2 Å². The minimum Gasteiger partial charge on any atom is -0.497 e. The van der Waals surface area contributed by atoms with E-state index in [1.54, 1.807) is 20.4 Å². The fourth-order valence-corrected chi connectivity index (χ4v) is 3.88. The molecule has 3 rings (SSSR count). The number of benzene rings is 2. The summed E-state index contributed by atoms with van der Waals surface area (Å²) in [7, 11) is 3.26. The first-order chi connectivity index (χ1) is 14.0. The molecule has 7 heteroatoms. The van der Waals surface area contributed by atoms with Gasteiger partial charge in [-0.15, -0.1) is 0 Å². The number of nitrogens with zero attached hydrogens (tertiary/aromatic N) is 2. The molecule has 0 bridgehead atoms. The van der Waals surface area contributed by atoms with Gasteiger partial charge in [0.25, 0.3) is 0 Å². The molecule has 1 N–H and O–H groups in total. The summed E-state index contributed by atoms with van der Waals surface area (Å²) in [6.07, 6.45) is 3.63. The Morgan fingerprint density at radius 1 is 1.00 bits per heavy atom. The zero-order valence-electron chi connectivity index (χ0n) is 17.0. The largest absolute Gasteiger partial charge is 0.497 e. The number of hydrogen-bond donors (Lipinski definition) is 1. The van der Waals surface area contributed by atoms with E-state index in [0.29, 0.717) is 0 Å². The van der Waals surface area contributed by atoms with E-state index in [1.165, 1.54) is 11.8 Å². The van der Waals surface area contributed by atoms with Crippen LogP contribution in [0.3, 0.4) is 0 Å². The van der Waals surface area contributed by atoms with Crippen LogP contribution in [0.2, 0.25) is 0 Å². The zero-order valence-corrected chi connectivity index (χ0v) is 17.8. The Morgan fingerprint density at radius 2 is 1.59 bits per heavy atom. The molecule has 152 valence electrons. The Hall–Kier alpha value is -2.93. The molecule has 1 atom stereocenters. The van der Waals surface area contributed by atoms with Crippen LogP contribution in [0.25, 0.3) is 5.69 Å². The van der Waals surface area contributed by atoms with Gasteiger partial charge >= 0.3 is 0 Å². The number of nitrogens with one attached hydrogen (secondary N) is 1. The van der Waals surface area contributed by atoms with Crippen molar-refractivity contribution in [2.24, 2.45) is 5.92 Å². The molecule has 1 amide bonds. The molecule has 1 aromatic heterocycles. The zero-order chi connectivity index (χ0) is 20.8. The summed E-state index contributed by atoms with van der Waals surface area (Å²) >= 11 is 1.45. The van der Waals surface area contributed by atoms with Gasteiger partial charge in [0.2, 0.25) is 5.91 Å². The average Bonchev–Trinajstić information content (AvgIpc) is 3.20. The molecule has 3 aromatic rings. The number of ether oxygens (including phenoxy) is 2. The molecule has 1 unspecified atom stereocenters. The highest BCUT2D eigenvalue weighted by Gasteiger charge is 2.26. The molecule has 0 saturated heterocycles. The fraction of sp³-hybridized carbons (Fsp3) is 0.273. The van der Waals surface area contributed by atoms with E-state index in [1.807, 2.05) is 73.1 Å². The summed E-state index contributed by atoms with van der Waals surface area (Å²) in [5, 5.41) is 3.46. The lowest BCUT2D eigenvalue weighted by atomic mass is 10.1. The van der Waals surface area contributed by atoms with E-state index in [-0.39, 0.29) is 17.1 Å². The van der Waals surface area contributed by atoms with Gasteiger partial charge in [-0.2, -0.15) is 0 Å². The molecule has 29 heavy (non-hydrogen) atoms. The Balaban J connectivity index is 1.76. The molecule has 0 aliphatic carbocycles. The van der Waals surface area contributed by atoms with Gasteiger partial charge in [0.15, 0.2) is 5.16 Å². The lowest BCUT2D eigenvalue weighted by Gasteiger charge is -2.20. The average molecular weight is 412 g/mol. The Bertz CT molecular complexity index is 937. The first kappa shape index (κ1) is 20.8. The first-order valence-electron chi connectivity index (χ1n) is 9.31. The van der Waals surface area contributed by atoms with Crippen LogP contribution in [0, 0.1) is 5.92 Å². The molecule has 0 saturated carbocycles. The molecule has 0 aliphatic rings. The van der Waals surface area contributed by atoms with Gasteiger partial charge in [-0.1, -0.05) is 25.6 Å². The molecule has 0 fully saturated rings. The summed E-state index contributed by atoms with van der Waals surface area (Å²) < 4.78 is 12.4. The van der Waals surface area contributed by atoms with Crippen LogP contribution < -0.4 is 14.8 Å². The number of thioether (sulfide) groups is 1. The van der Waals surface area contributed by atoms with Gasteiger partial charge in [-0.3, -0.25) is 9.36 Å². The number of methoxy groups -OCH3 is 2. The number of amides is 1. The fourth-order valence-electron chi connectivity index (χ4n) is 2.81. The van der Waals surface area contributed by atoms with Crippen molar-refractivity contribution >= 4 is 23.4 Å². The van der Waals surface area contributed by atoms with Gasteiger partial charge < -0.3 is 14.8 Å². The standard InChI is InChI=1S/C22H25N3O3S/c1-15(2)20(21(26)24-16-5-9-18(27-3)10-6-16)29-22-23-13-14-25(22)17-7-11-19(28-4)12-8-17/h5-15,20H,1-4H3,(H,24,26). The number of rotatable bonds is 8. The van der Waals surface area contributed by atoms with Crippen molar-refractivity contribution in [1.29, 1.82) is 0 Å². The third kappa shape index (κ3) is 5.12. The maximum absolute atomic E-state index is 12.9. The number of hydrogen-bond acceptors (Lipinski definition) is 5. The smallest absolute Gasteiger partial charge is 0.238 e. The summed E-state index contributed by atoms with van der Waals surface area (Å²) in [4.78, 5) is 17.4. The monoisotopic (exact) mass is 411 g/mol. The molecular weight excluding hydrogens is 386 g/mol. The summed E-state index contributed by atoms with van der Waals surface area (Å²) in [6.45, 7) is 4.07. The maximum atomic E-state index is 12.9. The van der Waals surface area contributed by atoms with Crippen molar-refractivity contribution in [3.63, 3.8) is 0 Å². The molecule has 6 nitrogen and oxygen atoms in total. The van der Waals surface area contributed by atoms with Crippen LogP contribution in [0.5, 0.6) is 11.5 Å². The van der Waals surface area contributed by atoms with Crippen molar-refractivity contribution in [1.82, 2.24) is 9.55 Å². The van der Waals surface area contributed by atoms with E-state index >= 15 is 0 Å². The highest BCUT2D eigenvalue weighted by molar-refractivity contribution is 8.00. The van der Waals surface area contributed by atoms with Gasteiger partial charge in [0.1, 0.15) is 11.5 Å². The van der Waals surface area contributed by atoms with Crippen LogP contribution in [-0.4, -0.2) is 34.9 Å². The van der Waals surface area contributed by atoms with Gasteiger partial charge in [-0.05, 0) is 54.4 Å². The van der Waals surface area contributed by atoms with Gasteiger partial charge in [-0.25, -0.2) is 4.98 Å². The van der Waals surface area contributed by atoms with Crippen LogP contribution in [0.15, 0.2) is 66.1 Å². The SMILES string of the molecule is COc1ccc(NC(=O)C(Sc2nccn2-c2ccc(OC)cc2)C(C)C)cc1. The third-order valence-corrected chi connectivity index (χ3v) is 5.94. The third-order valence-electron chi connectivity index (χ3n) is 4.41. The Morgan fingerprint density at radius 3 is 2.14 bits per heavy atom. The second kappa shape index (κ2) is 9.52. The van der Waals surface area contributed by atoms with Crippen molar-refractivity contribution < 1.29 is 14.3 Å². The predicted octanol–water partition coefficient (Wildman–Crippen LogP) is 4.64. The Kier molecular flexibility index (Phi) is 6.82. The highest BCUT2D eigenvalue weighted by Crippen LogP contribution is 2.30. The lowest BCUT2D eigenvalue weighted by Crippen LogP contribution is -2.30. The van der Waals surface area contributed by atoms with Crippen LogP contribution >= 0.6 is 11.8 Å². The maximum Gasteiger partial charge on any atom is 0.238 e. The quantitative estimate of drug-likeness (QED) is 0.547. The van der Waals surface area contributed by atoms with E-state index < -0.39 is 0 Å². The van der Waals surface area contributed by atoms with E-state index in [2.05, 4.69) is 10.3 Å². The molecule has 2 aromatic carbocycles. The lowest BCUT2D eigenvalue weighted by molar-refractivity contribution is -0.116. The van der Waals surface area contributed by atoms with Crippen LogP contribution in [0.1, 0.15) is 13.8 Å². The van der Waals surface area contributed by atoms with Gasteiger partial charge in [0.05, 0.1) is 19.5 Å². The van der Waals surface area contributed by atoms with Crippen LogP contribution in [-0.2, 0) is 4.79 Å². The number of aromatic nitrogens is 2. The molecule has 1 heterocycles. The predicted molar refractivity (Wildman–Crippen MR) is 116 cm³/mol. The second-order valence-electron chi connectivity index (χ2n) is 6.78. The number of anilines is 1. The number of imidazole rings is 1. The molecular formula is C22H25N3O3S. The van der Waals surface area contributed by atoms with Crippen molar-refractivity contribution in [2.75, 3.05) is 19.5 Å². The summed E-state index contributed by atoms with van der Waals surface area (Å²) in [5.41, 5.74) is 1.70. The van der Waals surface area contributed by atoms with E-state index in [0.717, 1.165) is 28.0 Å². The number of carbonyl (C=O) groups excluding carboxylic acids is 1. The second-order valence-corrected chi connectivity index (χ2v) is 7.89. The molecule has 0 spiro atoms. The first-order valence-corrected chi connectivity index (χ1v) is 10.2. The topological polar surface area (TPSA) is 65.4 Å². The molecule has 0 radical (unpaired) electrons. The van der Waals surface area contributed by atoms with Crippen LogP contribution in [0.4, 0.5) is 5.69 Å². The van der Waals surface area contributed by atoms with E-state index in [4.69, 9.17) is 9.47 Å². The highest BCUT2D eigenvalue weighted by atomic mass is 32.2. The number of carbonyl (C=O) groups is 1. The Labute approximate surface area is 175 Å². The van der Waals surface area contributed by atoms with Gasteiger partial charge in [0, 0.05) is 23.8 Å². The van der Waals surface area contributed by atoms with Crippen molar-refractivity contribution in [2.45, 2.75) is 24.3 Å². The van der Waals surface area contributed by atoms with E-state index in [9.17, 15) is 4.79 Å². The van der Waals surface area contributed by atoms with Crippen molar-refractivity contribution in [3.05, 3.63) is 60.9 Å². The summed E-state index contributed by atoms with van der Waals surface area (Å²) in [6, 6.07) is 15.0. The minimum atomic E-state index is -0.295. The molecule has 0 aliphatic heterocycles. The minimum absolute atomic E-state index is 0.0561.